The minimum Gasteiger partial charge on any atom is -0.329 e. The standard InChI is InChI=1S/C21H44NO4P/c1-5-6-7-8-9-10-11-12-13-14-15-16-21(23)17-20-27(24,25)26-19-18-22(2,3)4/h5-20H2,1-4H3/p+1. The first-order valence-corrected chi connectivity index (χ1v) is 12.7. The zero-order valence-corrected chi connectivity index (χ0v) is 19.3. The van der Waals surface area contributed by atoms with E-state index in [0.29, 0.717) is 17.4 Å². The molecule has 1 N–H and O–H groups in total. The van der Waals surface area contributed by atoms with Gasteiger partial charge >= 0.3 is 7.60 Å². The van der Waals surface area contributed by atoms with Gasteiger partial charge in [-0.2, -0.15) is 0 Å². The molecule has 5 nitrogen and oxygen atoms in total. The van der Waals surface area contributed by atoms with Crippen LogP contribution in [0.25, 0.3) is 0 Å². The fourth-order valence-corrected chi connectivity index (χ4v) is 3.93. The van der Waals surface area contributed by atoms with Crippen molar-refractivity contribution < 1.29 is 23.3 Å². The van der Waals surface area contributed by atoms with Gasteiger partial charge in [0.1, 0.15) is 18.9 Å². The number of likely N-dealkylation sites (N-methyl/N-ethyl adjacent to an activating group) is 1. The molecule has 1 atom stereocenters. The van der Waals surface area contributed by atoms with Crippen LogP contribution in [0.3, 0.4) is 0 Å². The van der Waals surface area contributed by atoms with Crippen molar-refractivity contribution in [2.75, 3.05) is 40.5 Å². The van der Waals surface area contributed by atoms with E-state index in [4.69, 9.17) is 4.52 Å². The molecule has 0 aliphatic carbocycles. The second kappa shape index (κ2) is 15.7. The first kappa shape index (κ1) is 26.8. The van der Waals surface area contributed by atoms with Crippen LogP contribution in [-0.4, -0.2) is 55.6 Å². The Bertz CT molecular complexity index is 421. The van der Waals surface area contributed by atoms with Gasteiger partial charge in [0.25, 0.3) is 0 Å². The van der Waals surface area contributed by atoms with E-state index < -0.39 is 7.60 Å². The summed E-state index contributed by atoms with van der Waals surface area (Å²) in [6.45, 7) is 3.15. The molecule has 0 saturated heterocycles. The SMILES string of the molecule is CCCCCCCCCCCCCC(=O)CCP(=O)(O)OCC[N+](C)(C)C. The number of carbonyl (C=O) groups excluding carboxylic acids is 1. The van der Waals surface area contributed by atoms with E-state index in [-0.39, 0.29) is 25.0 Å². The highest BCUT2D eigenvalue weighted by Crippen LogP contribution is 2.42. The van der Waals surface area contributed by atoms with Crippen LogP contribution >= 0.6 is 7.60 Å². The number of unbranched alkanes of at least 4 members (excludes halogenated alkanes) is 10. The lowest BCUT2D eigenvalue weighted by atomic mass is 10.0. The molecule has 1 unspecified atom stereocenters. The van der Waals surface area contributed by atoms with Crippen LogP contribution in [0.5, 0.6) is 0 Å². The lowest BCUT2D eigenvalue weighted by Crippen LogP contribution is -2.37. The van der Waals surface area contributed by atoms with E-state index in [0.717, 1.165) is 12.8 Å². The highest BCUT2D eigenvalue weighted by atomic mass is 31.2. The molecular weight excluding hydrogens is 361 g/mol. The Morgan fingerprint density at radius 1 is 0.852 bits per heavy atom. The molecular formula is C21H45NO4P+. The molecule has 0 radical (unpaired) electrons. The van der Waals surface area contributed by atoms with Crippen LogP contribution in [0.4, 0.5) is 0 Å². The van der Waals surface area contributed by atoms with E-state index in [9.17, 15) is 14.3 Å². The fraction of sp³-hybridized carbons (Fsp3) is 0.952. The zero-order chi connectivity index (χ0) is 20.6. The quantitative estimate of drug-likeness (QED) is 0.173. The summed E-state index contributed by atoms with van der Waals surface area (Å²) in [6.07, 6.45) is 14.5. The van der Waals surface area contributed by atoms with Crippen molar-refractivity contribution in [2.24, 2.45) is 0 Å². The summed E-state index contributed by atoms with van der Waals surface area (Å²) in [6, 6.07) is 0. The predicted octanol–water partition coefficient (Wildman–Crippen LogP) is 5.55. The van der Waals surface area contributed by atoms with Gasteiger partial charge in [0.2, 0.25) is 0 Å². The number of hydrogen-bond donors (Lipinski definition) is 1. The molecule has 0 aromatic heterocycles. The maximum atomic E-state index is 11.9. The van der Waals surface area contributed by atoms with E-state index in [1.54, 1.807) is 0 Å². The van der Waals surface area contributed by atoms with Gasteiger partial charge in [-0.1, -0.05) is 71.1 Å². The van der Waals surface area contributed by atoms with Crippen molar-refractivity contribution in [3.8, 4) is 0 Å². The van der Waals surface area contributed by atoms with Crippen LogP contribution in [0.15, 0.2) is 0 Å². The van der Waals surface area contributed by atoms with Gasteiger partial charge in [0.15, 0.2) is 0 Å². The molecule has 0 aromatic rings. The maximum absolute atomic E-state index is 11.9. The molecule has 162 valence electrons. The first-order chi connectivity index (χ1) is 12.7. The summed E-state index contributed by atoms with van der Waals surface area (Å²) in [5.74, 6) is 0.0791. The second-order valence-corrected chi connectivity index (χ2v) is 10.8. The van der Waals surface area contributed by atoms with Gasteiger partial charge in [-0.15, -0.1) is 0 Å². The van der Waals surface area contributed by atoms with Gasteiger partial charge in [-0.3, -0.25) is 9.36 Å². The molecule has 0 aliphatic heterocycles. The smallest absolute Gasteiger partial charge is 0.328 e. The molecule has 0 saturated carbocycles. The number of rotatable bonds is 19. The maximum Gasteiger partial charge on any atom is 0.328 e. The zero-order valence-electron chi connectivity index (χ0n) is 18.4. The number of carbonyl (C=O) groups is 1. The van der Waals surface area contributed by atoms with Crippen molar-refractivity contribution in [3.63, 3.8) is 0 Å². The van der Waals surface area contributed by atoms with Crippen molar-refractivity contribution in [3.05, 3.63) is 0 Å². The average molecular weight is 407 g/mol. The predicted molar refractivity (Wildman–Crippen MR) is 114 cm³/mol. The third kappa shape index (κ3) is 20.3. The number of nitrogens with zero attached hydrogens (tertiary/aromatic N) is 1. The highest BCUT2D eigenvalue weighted by molar-refractivity contribution is 7.52. The molecule has 0 fully saturated rings. The normalized spacial score (nSPS) is 14.3. The Kier molecular flexibility index (Phi) is 15.5. The largest absolute Gasteiger partial charge is 0.329 e. The molecule has 6 heteroatoms. The van der Waals surface area contributed by atoms with E-state index in [1.165, 1.54) is 57.8 Å². The minimum atomic E-state index is -3.63. The molecule has 0 aromatic carbocycles. The lowest BCUT2D eigenvalue weighted by Gasteiger charge is -2.24. The third-order valence-corrected chi connectivity index (χ3v) is 6.16. The molecule has 0 bridgehead atoms. The molecule has 0 spiro atoms. The van der Waals surface area contributed by atoms with Crippen LogP contribution in [-0.2, 0) is 13.9 Å². The summed E-state index contributed by atoms with van der Waals surface area (Å²) < 4.78 is 17.7. The molecule has 0 aliphatic rings. The molecule has 27 heavy (non-hydrogen) atoms. The van der Waals surface area contributed by atoms with Crippen molar-refractivity contribution in [1.82, 2.24) is 0 Å². The number of quaternary nitrogens is 1. The summed E-state index contributed by atoms with van der Waals surface area (Å²) in [7, 11) is 2.38. The Balaban J connectivity index is 3.54. The van der Waals surface area contributed by atoms with Crippen LogP contribution in [0, 0.1) is 0 Å². The van der Waals surface area contributed by atoms with E-state index in [1.807, 2.05) is 21.1 Å². The Hall–Kier alpha value is -0.220. The Morgan fingerprint density at radius 3 is 1.81 bits per heavy atom. The van der Waals surface area contributed by atoms with Gasteiger partial charge in [0, 0.05) is 12.8 Å². The van der Waals surface area contributed by atoms with Crippen molar-refractivity contribution in [2.45, 2.75) is 90.4 Å². The van der Waals surface area contributed by atoms with Gasteiger partial charge < -0.3 is 13.9 Å². The molecule has 0 amide bonds. The number of hydrogen-bond acceptors (Lipinski definition) is 3. The summed E-state index contributed by atoms with van der Waals surface area (Å²) in [4.78, 5) is 21.7. The van der Waals surface area contributed by atoms with Crippen LogP contribution < -0.4 is 0 Å². The highest BCUT2D eigenvalue weighted by Gasteiger charge is 2.22. The van der Waals surface area contributed by atoms with Gasteiger partial charge in [0.05, 0.1) is 27.3 Å². The van der Waals surface area contributed by atoms with E-state index >= 15 is 0 Å². The average Bonchev–Trinajstić information content (AvgIpc) is 2.56. The number of ketones is 1. The summed E-state index contributed by atoms with van der Waals surface area (Å²) >= 11 is 0. The van der Waals surface area contributed by atoms with E-state index in [2.05, 4.69) is 6.92 Å². The molecule has 0 rings (SSSR count). The minimum absolute atomic E-state index is 0.0546. The summed E-state index contributed by atoms with van der Waals surface area (Å²) in [5.41, 5.74) is 0. The van der Waals surface area contributed by atoms with Crippen LogP contribution in [0.1, 0.15) is 90.4 Å². The topological polar surface area (TPSA) is 63.6 Å². The van der Waals surface area contributed by atoms with Gasteiger partial charge in [-0.25, -0.2) is 0 Å². The Labute approximate surface area is 168 Å². The molecule has 0 heterocycles. The first-order valence-electron chi connectivity index (χ1n) is 10.9. The van der Waals surface area contributed by atoms with Crippen molar-refractivity contribution >= 4 is 13.4 Å². The van der Waals surface area contributed by atoms with Crippen LogP contribution in [0.2, 0.25) is 0 Å². The van der Waals surface area contributed by atoms with Crippen molar-refractivity contribution in [1.29, 1.82) is 0 Å². The fourth-order valence-electron chi connectivity index (χ4n) is 2.90. The van der Waals surface area contributed by atoms with Gasteiger partial charge in [-0.05, 0) is 6.42 Å². The lowest BCUT2D eigenvalue weighted by molar-refractivity contribution is -0.870. The monoisotopic (exact) mass is 406 g/mol. The number of Topliss-reactive ketones (excluding diaryl/α,β-unsaturated/α-hetero) is 1. The third-order valence-electron chi connectivity index (χ3n) is 4.79. The summed E-state index contributed by atoms with van der Waals surface area (Å²) in [5, 5.41) is 0. The second-order valence-electron chi connectivity index (χ2n) is 8.78. The Morgan fingerprint density at radius 2 is 1.33 bits per heavy atom.